The van der Waals surface area contributed by atoms with Gasteiger partial charge in [0.1, 0.15) is 0 Å². The first-order valence-corrected chi connectivity index (χ1v) is 7.80. The summed E-state index contributed by atoms with van der Waals surface area (Å²) in [6.07, 6.45) is 0.821. The van der Waals surface area contributed by atoms with E-state index in [-0.39, 0.29) is 12.6 Å². The summed E-state index contributed by atoms with van der Waals surface area (Å²) in [4.78, 5) is 4.04. The Morgan fingerprint density at radius 2 is 1.60 bits per heavy atom. The highest BCUT2D eigenvalue weighted by atomic mass is 16.5. The van der Waals surface area contributed by atoms with E-state index >= 15 is 0 Å². The van der Waals surface area contributed by atoms with Crippen LogP contribution in [0.5, 0.6) is 0 Å². The van der Waals surface area contributed by atoms with Gasteiger partial charge in [-0.1, -0.05) is 27.2 Å². The quantitative estimate of drug-likeness (QED) is 0.521. The number of aliphatic hydroxyl groups is 2. The fourth-order valence-electron chi connectivity index (χ4n) is 2.35. The minimum atomic E-state index is -0.674. The van der Waals surface area contributed by atoms with E-state index in [1.54, 1.807) is 0 Å². The first kappa shape index (κ1) is 19.8. The lowest BCUT2D eigenvalue weighted by Gasteiger charge is -2.35. The van der Waals surface area contributed by atoms with Crippen molar-refractivity contribution in [3.8, 4) is 0 Å². The average Bonchev–Trinajstić information content (AvgIpc) is 2.40. The lowest BCUT2D eigenvalue weighted by atomic mass is 10.0. The molecule has 0 fully saturated rings. The lowest BCUT2D eigenvalue weighted by Crippen LogP contribution is -2.53. The Balaban J connectivity index is 4.37. The van der Waals surface area contributed by atoms with Crippen molar-refractivity contribution < 1.29 is 14.9 Å². The van der Waals surface area contributed by atoms with E-state index < -0.39 is 12.2 Å². The van der Waals surface area contributed by atoms with Gasteiger partial charge < -0.3 is 24.7 Å². The molecule has 0 bridgehead atoms. The molecule has 0 aromatic carbocycles. The predicted molar refractivity (Wildman–Crippen MR) is 83.0 cm³/mol. The molecule has 0 amide bonds. The molecule has 0 aliphatic rings. The number of unbranched alkanes of at least 4 members (excludes halogenated alkanes) is 1. The Morgan fingerprint density at radius 3 is 2.05 bits per heavy atom. The van der Waals surface area contributed by atoms with E-state index in [0.29, 0.717) is 13.2 Å². The van der Waals surface area contributed by atoms with Crippen molar-refractivity contribution in [2.75, 3.05) is 46.9 Å². The molecule has 0 spiro atoms. The minimum absolute atomic E-state index is 0.276. The summed E-state index contributed by atoms with van der Waals surface area (Å²) >= 11 is 0. The van der Waals surface area contributed by atoms with Gasteiger partial charge in [0.15, 0.2) is 0 Å². The Labute approximate surface area is 124 Å². The van der Waals surface area contributed by atoms with E-state index in [0.717, 1.165) is 25.9 Å². The van der Waals surface area contributed by atoms with Crippen molar-refractivity contribution in [2.24, 2.45) is 0 Å². The number of nitrogens with zero attached hydrogens (tertiary/aromatic N) is 2. The van der Waals surface area contributed by atoms with Gasteiger partial charge in [-0.25, -0.2) is 0 Å². The van der Waals surface area contributed by atoms with Crippen molar-refractivity contribution in [1.29, 1.82) is 0 Å². The van der Waals surface area contributed by atoms with Crippen LogP contribution < -0.4 is 0 Å². The smallest absolute Gasteiger partial charge is 0.0953 e. The van der Waals surface area contributed by atoms with Gasteiger partial charge in [0, 0.05) is 13.2 Å². The van der Waals surface area contributed by atoms with Gasteiger partial charge in [-0.15, -0.1) is 0 Å². The second-order valence-corrected chi connectivity index (χ2v) is 5.50. The third kappa shape index (κ3) is 7.55. The largest absolute Gasteiger partial charge is 0.390 e. The third-order valence-electron chi connectivity index (χ3n) is 3.66. The summed E-state index contributed by atoms with van der Waals surface area (Å²) in [5.74, 6) is 0. The van der Waals surface area contributed by atoms with Crippen LogP contribution in [0.25, 0.3) is 0 Å². The summed E-state index contributed by atoms with van der Waals surface area (Å²) < 4.78 is 5.47. The summed E-state index contributed by atoms with van der Waals surface area (Å²) in [5, 5.41) is 20.6. The van der Waals surface area contributed by atoms with Crippen molar-refractivity contribution >= 4 is 0 Å². The fraction of sp³-hybridized carbons (Fsp3) is 1.00. The van der Waals surface area contributed by atoms with Crippen LogP contribution in [0.4, 0.5) is 0 Å². The first-order chi connectivity index (χ1) is 9.47. The molecule has 0 saturated carbocycles. The van der Waals surface area contributed by atoms with E-state index in [1.807, 2.05) is 19.0 Å². The van der Waals surface area contributed by atoms with E-state index in [1.165, 1.54) is 0 Å². The molecule has 0 aliphatic carbocycles. The number of aliphatic hydroxyl groups excluding tert-OH is 2. The van der Waals surface area contributed by atoms with Crippen LogP contribution >= 0.6 is 0 Å². The molecule has 122 valence electrons. The molecular weight excluding hydrogens is 256 g/mol. The molecule has 0 aromatic rings. The monoisotopic (exact) mass is 290 g/mol. The number of rotatable bonds is 12. The Kier molecular flexibility index (Phi) is 11.3. The van der Waals surface area contributed by atoms with Crippen molar-refractivity contribution in [2.45, 2.75) is 51.9 Å². The molecule has 0 saturated heterocycles. The maximum absolute atomic E-state index is 10.4. The molecular formula is C15H34N2O3. The second-order valence-electron chi connectivity index (χ2n) is 5.50. The van der Waals surface area contributed by atoms with Crippen LogP contribution in [0.1, 0.15) is 33.6 Å². The lowest BCUT2D eigenvalue weighted by molar-refractivity contribution is -0.0571. The number of ether oxygens (including phenoxy) is 1. The van der Waals surface area contributed by atoms with Gasteiger partial charge in [-0.2, -0.15) is 0 Å². The molecule has 0 aliphatic heterocycles. The average molecular weight is 290 g/mol. The van der Waals surface area contributed by atoms with Crippen molar-refractivity contribution in [3.63, 3.8) is 0 Å². The maximum atomic E-state index is 10.4. The normalized spacial score (nSPS) is 16.6. The van der Waals surface area contributed by atoms with E-state index in [4.69, 9.17) is 4.74 Å². The van der Waals surface area contributed by atoms with Crippen LogP contribution in [0.3, 0.4) is 0 Å². The van der Waals surface area contributed by atoms with Crippen molar-refractivity contribution in [1.82, 2.24) is 9.80 Å². The number of hydrogen-bond acceptors (Lipinski definition) is 5. The fourth-order valence-corrected chi connectivity index (χ4v) is 2.35. The SMILES string of the molecule is CCCCOCC(O)C(C(O)CN(CC)CC)N(C)C. The number of likely N-dealkylation sites (N-methyl/N-ethyl adjacent to an activating group) is 2. The van der Waals surface area contributed by atoms with Gasteiger partial charge >= 0.3 is 0 Å². The van der Waals surface area contributed by atoms with Crippen LogP contribution in [0.2, 0.25) is 0 Å². The molecule has 0 rings (SSSR count). The highest BCUT2D eigenvalue weighted by molar-refractivity contribution is 4.84. The summed E-state index contributed by atoms with van der Waals surface area (Å²) in [5.41, 5.74) is 0. The number of hydrogen-bond donors (Lipinski definition) is 2. The van der Waals surface area contributed by atoms with Gasteiger partial charge in [-0.05, 0) is 33.6 Å². The highest BCUT2D eigenvalue weighted by Gasteiger charge is 2.29. The molecule has 2 N–H and O–H groups in total. The predicted octanol–water partition coefficient (Wildman–Crippen LogP) is 0.797. The Hall–Kier alpha value is -0.200. The summed E-state index contributed by atoms with van der Waals surface area (Å²) in [6, 6.07) is -0.308. The van der Waals surface area contributed by atoms with Gasteiger partial charge in [-0.3, -0.25) is 0 Å². The van der Waals surface area contributed by atoms with Gasteiger partial charge in [0.25, 0.3) is 0 Å². The van der Waals surface area contributed by atoms with Crippen LogP contribution in [0.15, 0.2) is 0 Å². The van der Waals surface area contributed by atoms with Crippen LogP contribution in [-0.2, 0) is 4.74 Å². The van der Waals surface area contributed by atoms with Crippen molar-refractivity contribution in [3.05, 3.63) is 0 Å². The highest BCUT2D eigenvalue weighted by Crippen LogP contribution is 2.09. The standard InChI is InChI=1S/C15H34N2O3/c1-6-9-10-20-12-14(19)15(16(4)5)13(18)11-17(7-2)8-3/h13-15,18-19H,6-12H2,1-5H3. The Morgan fingerprint density at radius 1 is 1.00 bits per heavy atom. The molecule has 0 radical (unpaired) electrons. The zero-order chi connectivity index (χ0) is 15.5. The zero-order valence-corrected chi connectivity index (χ0v) is 13.9. The molecule has 0 heterocycles. The zero-order valence-electron chi connectivity index (χ0n) is 13.9. The topological polar surface area (TPSA) is 56.2 Å². The maximum Gasteiger partial charge on any atom is 0.0953 e. The van der Waals surface area contributed by atoms with E-state index in [2.05, 4.69) is 25.7 Å². The molecule has 3 unspecified atom stereocenters. The summed E-state index contributed by atoms with van der Waals surface area (Å²) in [6.45, 7) is 9.57. The molecule has 20 heavy (non-hydrogen) atoms. The molecule has 5 nitrogen and oxygen atoms in total. The van der Waals surface area contributed by atoms with Gasteiger partial charge in [0.2, 0.25) is 0 Å². The minimum Gasteiger partial charge on any atom is -0.390 e. The van der Waals surface area contributed by atoms with Gasteiger partial charge in [0.05, 0.1) is 24.9 Å². The van der Waals surface area contributed by atoms with Crippen LogP contribution in [0, 0.1) is 0 Å². The van der Waals surface area contributed by atoms with Crippen LogP contribution in [-0.4, -0.2) is 85.2 Å². The van der Waals surface area contributed by atoms with E-state index in [9.17, 15) is 10.2 Å². The molecule has 0 aromatic heterocycles. The molecule has 3 atom stereocenters. The molecule has 5 heteroatoms. The second kappa shape index (κ2) is 11.5. The Bertz CT molecular complexity index is 223. The summed E-state index contributed by atoms with van der Waals surface area (Å²) in [7, 11) is 3.76. The first-order valence-electron chi connectivity index (χ1n) is 7.80. The third-order valence-corrected chi connectivity index (χ3v) is 3.66.